The fourth-order valence-corrected chi connectivity index (χ4v) is 5.47. The molecule has 1 saturated heterocycles. The quantitative estimate of drug-likeness (QED) is 0.362. The molecule has 0 radical (unpaired) electrons. The number of aryl methyl sites for hydroxylation is 1. The number of halogens is 1. The second-order valence-electron chi connectivity index (χ2n) is 10.7. The summed E-state index contributed by atoms with van der Waals surface area (Å²) in [5.74, 6) is 2.27. The van der Waals surface area contributed by atoms with Crippen LogP contribution in [-0.4, -0.2) is 95.5 Å². The summed E-state index contributed by atoms with van der Waals surface area (Å²) in [4.78, 5) is 43.5. The average Bonchev–Trinajstić information content (AvgIpc) is 3.41. The van der Waals surface area contributed by atoms with E-state index in [1.54, 1.807) is 46.0 Å². The Morgan fingerprint density at radius 1 is 1.21 bits per heavy atom. The third-order valence-electron chi connectivity index (χ3n) is 7.40. The van der Waals surface area contributed by atoms with E-state index in [4.69, 9.17) is 26.1 Å². The van der Waals surface area contributed by atoms with Gasteiger partial charge in [0.15, 0.2) is 5.82 Å². The van der Waals surface area contributed by atoms with Crippen LogP contribution in [0.5, 0.6) is 11.5 Å². The second-order valence-corrected chi connectivity index (χ2v) is 11.0. The number of likely N-dealkylation sites (N-methyl/N-ethyl adjacent to an activating group) is 1. The number of rotatable bonds is 9. The summed E-state index contributed by atoms with van der Waals surface area (Å²) in [7, 11) is 8.78. The topological polar surface area (TPSA) is 121 Å². The summed E-state index contributed by atoms with van der Waals surface area (Å²) >= 11 is 6.73. The normalized spacial score (nSPS) is 15.8. The van der Waals surface area contributed by atoms with Crippen molar-refractivity contribution in [3.8, 4) is 11.5 Å². The molecule has 5 rings (SSSR count). The lowest BCUT2D eigenvalue weighted by Crippen LogP contribution is -2.55. The molecule has 14 heteroatoms. The van der Waals surface area contributed by atoms with Crippen LogP contribution in [-0.2, 0) is 18.4 Å². The smallest absolute Gasteiger partial charge is 0.330 e. The Balaban J connectivity index is 1.47. The Kier molecular flexibility index (Phi) is 9.02. The monoisotopic (exact) mass is 609 g/mol. The number of fused-ring (bicyclic) bond motifs is 1. The van der Waals surface area contributed by atoms with Crippen molar-refractivity contribution in [2.75, 3.05) is 63.1 Å². The Labute approximate surface area is 255 Å². The molecule has 0 aliphatic carbocycles. The molecule has 13 nitrogen and oxygen atoms in total. The van der Waals surface area contributed by atoms with Gasteiger partial charge in [-0.2, -0.15) is 10.1 Å². The molecule has 0 saturated carbocycles. The van der Waals surface area contributed by atoms with Gasteiger partial charge in [0.2, 0.25) is 11.9 Å². The van der Waals surface area contributed by atoms with Crippen molar-refractivity contribution in [3.05, 3.63) is 53.3 Å². The summed E-state index contributed by atoms with van der Waals surface area (Å²) in [6.45, 7) is 1.89. The highest BCUT2D eigenvalue weighted by Crippen LogP contribution is 2.42. The van der Waals surface area contributed by atoms with E-state index in [-0.39, 0.29) is 24.5 Å². The van der Waals surface area contributed by atoms with Gasteiger partial charge < -0.3 is 24.6 Å². The van der Waals surface area contributed by atoms with Crippen LogP contribution in [0.1, 0.15) is 18.4 Å². The summed E-state index contributed by atoms with van der Waals surface area (Å²) in [5, 5.41) is 7.76. The molecular formula is C29H36ClN9O4. The third kappa shape index (κ3) is 6.52. The molecule has 0 atom stereocenters. The minimum Gasteiger partial charge on any atom is -0.497 e. The zero-order valence-corrected chi connectivity index (χ0v) is 25.7. The molecule has 228 valence electrons. The van der Waals surface area contributed by atoms with E-state index in [1.807, 2.05) is 49.3 Å². The van der Waals surface area contributed by atoms with Gasteiger partial charge >= 0.3 is 6.03 Å². The highest BCUT2D eigenvalue weighted by atomic mass is 35.5. The Bertz CT molecular complexity index is 1520. The van der Waals surface area contributed by atoms with E-state index in [0.29, 0.717) is 72.3 Å². The fraction of sp³-hybridized carbons (Fsp3) is 0.414. The van der Waals surface area contributed by atoms with E-state index in [9.17, 15) is 9.59 Å². The van der Waals surface area contributed by atoms with Crippen LogP contribution in [0.3, 0.4) is 0 Å². The van der Waals surface area contributed by atoms with Gasteiger partial charge in [0.25, 0.3) is 0 Å². The van der Waals surface area contributed by atoms with Gasteiger partial charge in [0.05, 0.1) is 26.5 Å². The summed E-state index contributed by atoms with van der Waals surface area (Å²) in [6.07, 6.45) is 8.15. The number of hydrogen-bond donors (Lipinski definition) is 1. The van der Waals surface area contributed by atoms with Crippen molar-refractivity contribution in [1.29, 1.82) is 0 Å². The number of anilines is 4. The molecular weight excluding hydrogens is 574 g/mol. The number of benzene rings is 1. The molecule has 4 heterocycles. The van der Waals surface area contributed by atoms with Crippen molar-refractivity contribution in [3.63, 3.8) is 0 Å². The van der Waals surface area contributed by atoms with Crippen LogP contribution in [0.2, 0.25) is 5.02 Å². The lowest BCUT2D eigenvalue weighted by Gasteiger charge is -2.43. The Hall–Kier alpha value is -4.36. The van der Waals surface area contributed by atoms with E-state index < -0.39 is 0 Å². The van der Waals surface area contributed by atoms with Crippen LogP contribution in [0.25, 0.3) is 0 Å². The number of nitrogens with zero attached hydrogens (tertiary/aromatic N) is 8. The minimum absolute atomic E-state index is 0.0354. The molecule has 0 unspecified atom stereocenters. The van der Waals surface area contributed by atoms with Crippen LogP contribution < -0.4 is 24.6 Å². The number of amides is 3. The molecule has 1 aromatic carbocycles. The van der Waals surface area contributed by atoms with Crippen molar-refractivity contribution >= 4 is 46.8 Å². The lowest BCUT2D eigenvalue weighted by molar-refractivity contribution is -0.127. The van der Waals surface area contributed by atoms with E-state index in [2.05, 4.69) is 15.4 Å². The maximum atomic E-state index is 14.4. The zero-order chi connectivity index (χ0) is 30.7. The zero-order valence-electron chi connectivity index (χ0n) is 25.0. The highest BCUT2D eigenvalue weighted by molar-refractivity contribution is 6.35. The van der Waals surface area contributed by atoms with Crippen molar-refractivity contribution in [2.45, 2.75) is 25.4 Å². The van der Waals surface area contributed by atoms with Crippen LogP contribution in [0.4, 0.5) is 28.1 Å². The van der Waals surface area contributed by atoms with Crippen molar-refractivity contribution < 1.29 is 19.1 Å². The number of methoxy groups -OCH3 is 2. The molecule has 1 fully saturated rings. The number of carbonyl (C=O) groups excluding carboxylic acids is 2. The van der Waals surface area contributed by atoms with Gasteiger partial charge in [-0.25, -0.2) is 9.78 Å². The fourth-order valence-electron chi connectivity index (χ4n) is 5.19. The first-order valence-electron chi connectivity index (χ1n) is 13.9. The number of likely N-dealkylation sites (tertiary alicyclic amines) is 1. The Morgan fingerprint density at radius 3 is 2.63 bits per heavy atom. The minimum atomic E-state index is -0.289. The number of carbonyl (C=O) groups is 2. The van der Waals surface area contributed by atoms with E-state index in [0.717, 1.165) is 5.56 Å². The largest absolute Gasteiger partial charge is 0.497 e. The van der Waals surface area contributed by atoms with Crippen LogP contribution in [0, 0.1) is 0 Å². The molecule has 1 N–H and O–H groups in total. The van der Waals surface area contributed by atoms with E-state index >= 15 is 0 Å². The molecule has 0 bridgehead atoms. The molecule has 2 aromatic heterocycles. The summed E-state index contributed by atoms with van der Waals surface area (Å²) in [6, 6.07) is 4.69. The first-order valence-corrected chi connectivity index (χ1v) is 14.3. The number of nitrogens with one attached hydrogen (secondary N) is 1. The number of ether oxygens (including phenoxy) is 2. The molecule has 2 aliphatic rings. The summed E-state index contributed by atoms with van der Waals surface area (Å²) < 4.78 is 12.6. The van der Waals surface area contributed by atoms with Gasteiger partial charge in [-0.1, -0.05) is 17.7 Å². The Morgan fingerprint density at radius 2 is 1.98 bits per heavy atom. The van der Waals surface area contributed by atoms with Crippen LogP contribution >= 0.6 is 11.6 Å². The standard InChI is InChI=1S/C29H36ClN9O4/c1-35(2)11-6-7-25(40)37-13-8-20(9-14-37)39-27-19(17-31-28(33-27)32-24-10-12-36(3)34-24)18-38(29(39)41)22-15-21(42-4)16-23(43-5)26(22)30/h6-7,10,12,15-17,20H,8-9,11,13-14,18H2,1-5H3,(H,31,32,33,34)/b7-6+. The maximum Gasteiger partial charge on any atom is 0.330 e. The number of piperidine rings is 1. The van der Waals surface area contributed by atoms with Crippen LogP contribution in [0.15, 0.2) is 42.7 Å². The predicted octanol–water partition coefficient (Wildman–Crippen LogP) is 3.68. The van der Waals surface area contributed by atoms with Gasteiger partial charge in [-0.05, 0) is 26.9 Å². The molecule has 3 aromatic rings. The molecule has 0 spiro atoms. The predicted molar refractivity (Wildman–Crippen MR) is 164 cm³/mol. The lowest BCUT2D eigenvalue weighted by atomic mass is 10.0. The average molecular weight is 610 g/mol. The third-order valence-corrected chi connectivity index (χ3v) is 7.78. The number of aromatic nitrogens is 4. The van der Waals surface area contributed by atoms with Gasteiger partial charge in [-0.15, -0.1) is 0 Å². The van der Waals surface area contributed by atoms with Gasteiger partial charge in [-0.3, -0.25) is 19.3 Å². The van der Waals surface area contributed by atoms with Crippen molar-refractivity contribution in [1.82, 2.24) is 29.5 Å². The van der Waals surface area contributed by atoms with Gasteiger partial charge in [0.1, 0.15) is 22.3 Å². The number of urea groups is 1. The highest BCUT2D eigenvalue weighted by Gasteiger charge is 2.40. The van der Waals surface area contributed by atoms with Gasteiger partial charge in [0, 0.05) is 75.0 Å². The molecule has 2 aliphatic heterocycles. The molecule has 3 amide bonds. The van der Waals surface area contributed by atoms with Crippen molar-refractivity contribution in [2.24, 2.45) is 7.05 Å². The first-order chi connectivity index (χ1) is 20.7. The SMILES string of the molecule is COc1cc(OC)c(Cl)c(N2Cc3cnc(Nc4ccn(C)n4)nc3N(C3CCN(C(=O)/C=C/CN(C)C)CC3)C2=O)c1. The first kappa shape index (κ1) is 30.1. The second kappa shape index (κ2) is 12.9. The summed E-state index contributed by atoms with van der Waals surface area (Å²) in [5.41, 5.74) is 1.20. The maximum absolute atomic E-state index is 14.4. The number of hydrogen-bond acceptors (Lipinski definition) is 9. The molecule has 43 heavy (non-hydrogen) atoms. The van der Waals surface area contributed by atoms with E-state index in [1.165, 1.54) is 7.11 Å².